The highest BCUT2D eigenvalue weighted by atomic mass is 32.2. The summed E-state index contributed by atoms with van der Waals surface area (Å²) >= 11 is 0. The average Bonchev–Trinajstić information content (AvgIpc) is 2.45. The highest BCUT2D eigenvalue weighted by molar-refractivity contribution is 7.88. The summed E-state index contributed by atoms with van der Waals surface area (Å²) in [5, 5.41) is 11.5. The summed E-state index contributed by atoms with van der Waals surface area (Å²) in [6, 6.07) is 8.59. The predicted molar refractivity (Wildman–Crippen MR) is 90.3 cm³/mol. The van der Waals surface area contributed by atoms with Gasteiger partial charge in [0.05, 0.1) is 17.9 Å². The molecule has 1 rings (SSSR count). The number of carbonyl (C=O) groups is 1. The van der Waals surface area contributed by atoms with Crippen molar-refractivity contribution in [3.8, 4) is 6.07 Å². The van der Waals surface area contributed by atoms with Crippen molar-refractivity contribution in [2.75, 3.05) is 24.7 Å². The van der Waals surface area contributed by atoms with Crippen LogP contribution in [0.25, 0.3) is 0 Å². The highest BCUT2D eigenvalue weighted by Crippen LogP contribution is 2.11. The minimum absolute atomic E-state index is 0.0714. The zero-order chi connectivity index (χ0) is 17.5. The van der Waals surface area contributed by atoms with Crippen molar-refractivity contribution in [3.05, 3.63) is 29.8 Å². The quantitative estimate of drug-likeness (QED) is 0.787. The Kier molecular flexibility index (Phi) is 7.20. The van der Waals surface area contributed by atoms with Crippen LogP contribution < -0.4 is 5.32 Å². The minimum Gasteiger partial charge on any atom is -0.326 e. The Morgan fingerprint density at radius 3 is 2.61 bits per heavy atom. The molecule has 0 fully saturated rings. The van der Waals surface area contributed by atoms with E-state index < -0.39 is 10.0 Å². The van der Waals surface area contributed by atoms with Gasteiger partial charge in [-0.1, -0.05) is 19.9 Å². The molecule has 0 aliphatic heterocycles. The molecule has 23 heavy (non-hydrogen) atoms. The maximum absolute atomic E-state index is 12.0. The van der Waals surface area contributed by atoms with Gasteiger partial charge in [0.2, 0.25) is 15.9 Å². The first-order chi connectivity index (χ1) is 10.7. The summed E-state index contributed by atoms with van der Waals surface area (Å²) < 4.78 is 24.8. The molecule has 0 aliphatic rings. The van der Waals surface area contributed by atoms with Crippen LogP contribution in [0.5, 0.6) is 0 Å². The first-order valence-electron chi connectivity index (χ1n) is 7.47. The van der Waals surface area contributed by atoms with Gasteiger partial charge < -0.3 is 5.32 Å². The molecule has 0 bridgehead atoms. The fourth-order valence-electron chi connectivity index (χ4n) is 1.96. The lowest BCUT2D eigenvalue weighted by molar-refractivity contribution is -0.116. The number of hydrogen-bond acceptors (Lipinski definition) is 4. The third kappa shape index (κ3) is 7.26. The summed E-state index contributed by atoms with van der Waals surface area (Å²) in [6.45, 7) is 4.60. The van der Waals surface area contributed by atoms with Gasteiger partial charge in [-0.05, 0) is 30.5 Å². The van der Waals surface area contributed by atoms with Crippen LogP contribution in [-0.4, -0.2) is 38.0 Å². The molecule has 1 amide bonds. The Balaban J connectivity index is 2.59. The van der Waals surface area contributed by atoms with E-state index in [0.29, 0.717) is 23.7 Å². The van der Waals surface area contributed by atoms with Gasteiger partial charge in [-0.3, -0.25) is 4.79 Å². The third-order valence-electron chi connectivity index (χ3n) is 3.29. The fourth-order valence-corrected chi connectivity index (χ4v) is 2.82. The van der Waals surface area contributed by atoms with Gasteiger partial charge in [-0.15, -0.1) is 0 Å². The summed E-state index contributed by atoms with van der Waals surface area (Å²) in [5.41, 5.74) is 0.986. The molecule has 126 valence electrons. The van der Waals surface area contributed by atoms with E-state index in [9.17, 15) is 13.2 Å². The van der Waals surface area contributed by atoms with E-state index in [0.717, 1.165) is 12.7 Å². The molecule has 0 spiro atoms. The van der Waals surface area contributed by atoms with Crippen LogP contribution in [0.3, 0.4) is 0 Å². The molecule has 0 heterocycles. The van der Waals surface area contributed by atoms with Gasteiger partial charge in [0.15, 0.2) is 0 Å². The first kappa shape index (κ1) is 19.1. The lowest BCUT2D eigenvalue weighted by Crippen LogP contribution is -2.34. The average molecular weight is 337 g/mol. The Morgan fingerprint density at radius 1 is 1.35 bits per heavy atom. The Morgan fingerprint density at radius 2 is 2.04 bits per heavy atom. The normalized spacial score (nSPS) is 11.5. The van der Waals surface area contributed by atoms with Gasteiger partial charge in [0.1, 0.15) is 0 Å². The Bertz CT molecular complexity index is 678. The molecule has 0 unspecified atom stereocenters. The van der Waals surface area contributed by atoms with E-state index >= 15 is 0 Å². The van der Waals surface area contributed by atoms with E-state index in [1.807, 2.05) is 19.9 Å². The number of benzene rings is 1. The number of hydrogen-bond donors (Lipinski definition) is 1. The molecule has 0 saturated heterocycles. The second-order valence-corrected chi connectivity index (χ2v) is 7.82. The molecule has 0 aromatic heterocycles. The van der Waals surface area contributed by atoms with Crippen molar-refractivity contribution in [1.29, 1.82) is 5.26 Å². The van der Waals surface area contributed by atoms with E-state index in [4.69, 9.17) is 5.26 Å². The Labute approximate surface area is 138 Å². The number of carbonyl (C=O) groups excluding carboxylic acids is 1. The topological polar surface area (TPSA) is 90.3 Å². The van der Waals surface area contributed by atoms with E-state index in [-0.39, 0.29) is 18.9 Å². The van der Waals surface area contributed by atoms with Gasteiger partial charge in [0.25, 0.3) is 0 Å². The zero-order valence-electron chi connectivity index (χ0n) is 13.7. The summed E-state index contributed by atoms with van der Waals surface area (Å²) in [6.07, 6.45) is 1.97. The first-order valence-corrected chi connectivity index (χ1v) is 9.32. The molecule has 1 aromatic carbocycles. The van der Waals surface area contributed by atoms with Crippen molar-refractivity contribution >= 4 is 21.6 Å². The van der Waals surface area contributed by atoms with Crippen LogP contribution in [0.2, 0.25) is 0 Å². The number of amides is 1. The number of rotatable bonds is 8. The van der Waals surface area contributed by atoms with Crippen LogP contribution in [0.1, 0.15) is 32.3 Å². The van der Waals surface area contributed by atoms with Crippen LogP contribution >= 0.6 is 0 Å². The van der Waals surface area contributed by atoms with E-state index in [1.165, 1.54) is 4.31 Å². The largest absolute Gasteiger partial charge is 0.326 e. The molecule has 0 saturated carbocycles. The molecule has 7 heteroatoms. The monoisotopic (exact) mass is 337 g/mol. The maximum atomic E-state index is 12.0. The lowest BCUT2D eigenvalue weighted by atomic mass is 10.1. The van der Waals surface area contributed by atoms with Crippen molar-refractivity contribution in [2.24, 2.45) is 5.92 Å². The predicted octanol–water partition coefficient (Wildman–Crippen LogP) is 2.19. The van der Waals surface area contributed by atoms with Crippen molar-refractivity contribution in [1.82, 2.24) is 4.31 Å². The second kappa shape index (κ2) is 8.65. The highest BCUT2D eigenvalue weighted by Gasteiger charge is 2.18. The molecule has 0 radical (unpaired) electrons. The van der Waals surface area contributed by atoms with Gasteiger partial charge in [-0.2, -0.15) is 5.26 Å². The fraction of sp³-hybridized carbons (Fsp3) is 0.500. The van der Waals surface area contributed by atoms with Gasteiger partial charge in [0, 0.05) is 25.2 Å². The van der Waals surface area contributed by atoms with E-state index in [2.05, 4.69) is 5.32 Å². The number of sulfonamides is 1. The van der Waals surface area contributed by atoms with Crippen LogP contribution in [0.4, 0.5) is 5.69 Å². The SMILES string of the molecule is CC(C)CCN(CCC(=O)Nc1cccc(C#N)c1)S(C)(=O)=O. The lowest BCUT2D eigenvalue weighted by Gasteiger charge is -2.20. The van der Waals surface area contributed by atoms with E-state index in [1.54, 1.807) is 24.3 Å². The number of nitrogens with one attached hydrogen (secondary N) is 1. The molecule has 1 aromatic rings. The molecule has 1 N–H and O–H groups in total. The number of nitriles is 1. The summed E-state index contributed by atoms with van der Waals surface area (Å²) in [4.78, 5) is 12.0. The molecular formula is C16H23N3O3S. The van der Waals surface area contributed by atoms with Gasteiger partial charge >= 0.3 is 0 Å². The van der Waals surface area contributed by atoms with Crippen LogP contribution in [0, 0.1) is 17.2 Å². The standard InChI is InChI=1S/C16H23N3O3S/c1-13(2)7-9-19(23(3,21)22)10-8-16(20)18-15-6-4-5-14(11-15)12-17/h4-6,11,13H,7-10H2,1-3H3,(H,18,20). The molecule has 0 aliphatic carbocycles. The number of anilines is 1. The van der Waals surface area contributed by atoms with Crippen molar-refractivity contribution in [2.45, 2.75) is 26.7 Å². The summed E-state index contributed by atoms with van der Waals surface area (Å²) in [7, 11) is -3.33. The van der Waals surface area contributed by atoms with Crippen LogP contribution in [-0.2, 0) is 14.8 Å². The second-order valence-electron chi connectivity index (χ2n) is 5.84. The molecular weight excluding hydrogens is 314 g/mol. The van der Waals surface area contributed by atoms with Crippen molar-refractivity contribution < 1.29 is 13.2 Å². The third-order valence-corrected chi connectivity index (χ3v) is 4.59. The molecule has 6 nitrogen and oxygen atoms in total. The molecule has 0 atom stereocenters. The number of nitrogens with zero attached hydrogens (tertiary/aromatic N) is 2. The smallest absolute Gasteiger partial charge is 0.225 e. The van der Waals surface area contributed by atoms with Crippen LogP contribution in [0.15, 0.2) is 24.3 Å². The minimum atomic E-state index is -3.33. The zero-order valence-corrected chi connectivity index (χ0v) is 14.6. The Hall–Kier alpha value is -1.91. The van der Waals surface area contributed by atoms with Crippen molar-refractivity contribution in [3.63, 3.8) is 0 Å². The summed E-state index contributed by atoms with van der Waals surface area (Å²) in [5.74, 6) is 0.111. The maximum Gasteiger partial charge on any atom is 0.225 e. The van der Waals surface area contributed by atoms with Gasteiger partial charge in [-0.25, -0.2) is 12.7 Å².